The molecule has 2 aliphatic carbocycles. The molecular weight excluding hydrogens is 487 g/mol. The summed E-state index contributed by atoms with van der Waals surface area (Å²) < 4.78 is 50.2. The second-order valence-corrected chi connectivity index (χ2v) is 10.8. The molecule has 0 amide bonds. The van der Waals surface area contributed by atoms with Crippen LogP contribution in [0.3, 0.4) is 0 Å². The summed E-state index contributed by atoms with van der Waals surface area (Å²) in [6.07, 6.45) is 2.87. The molecule has 1 atom stereocenters. The minimum Gasteiger partial charge on any atom is -0.474 e. The number of anilines is 1. The summed E-state index contributed by atoms with van der Waals surface area (Å²) in [5.41, 5.74) is 1.59. The van der Waals surface area contributed by atoms with Crippen molar-refractivity contribution >= 4 is 16.9 Å². The minimum atomic E-state index is -4.27. The van der Waals surface area contributed by atoms with Crippen LogP contribution >= 0.6 is 0 Å². The van der Waals surface area contributed by atoms with E-state index in [9.17, 15) is 18.3 Å². The Kier molecular flexibility index (Phi) is 8.02. The minimum absolute atomic E-state index is 0.0713. The van der Waals surface area contributed by atoms with E-state index in [-0.39, 0.29) is 24.1 Å². The molecule has 8 nitrogen and oxygen atoms in total. The van der Waals surface area contributed by atoms with Gasteiger partial charge in [-0.15, -0.1) is 0 Å². The third kappa shape index (κ3) is 6.80. The first-order valence-corrected chi connectivity index (χ1v) is 13.4. The van der Waals surface area contributed by atoms with Crippen molar-refractivity contribution in [2.75, 3.05) is 38.2 Å². The lowest BCUT2D eigenvalue weighted by Crippen LogP contribution is -2.45. The maximum Gasteiger partial charge on any atom is 0.391 e. The van der Waals surface area contributed by atoms with Gasteiger partial charge in [0.2, 0.25) is 11.8 Å². The van der Waals surface area contributed by atoms with Crippen LogP contribution in [-0.2, 0) is 4.74 Å². The summed E-state index contributed by atoms with van der Waals surface area (Å²) in [5.74, 6) is 1.39. The number of hydrogen-bond donors (Lipinski definition) is 2. The molecule has 1 aliphatic heterocycles. The number of pyridine rings is 1. The van der Waals surface area contributed by atoms with Gasteiger partial charge in [0.1, 0.15) is 6.10 Å². The van der Waals surface area contributed by atoms with E-state index in [4.69, 9.17) is 9.47 Å². The summed E-state index contributed by atoms with van der Waals surface area (Å²) >= 11 is 0. The van der Waals surface area contributed by atoms with Gasteiger partial charge in [0, 0.05) is 43.6 Å². The zero-order chi connectivity index (χ0) is 26.0. The highest BCUT2D eigenvalue weighted by Gasteiger charge is 2.34. The van der Waals surface area contributed by atoms with Crippen molar-refractivity contribution in [2.24, 2.45) is 5.92 Å². The number of alkyl halides is 3. The van der Waals surface area contributed by atoms with Crippen molar-refractivity contribution in [1.82, 2.24) is 19.9 Å². The summed E-state index contributed by atoms with van der Waals surface area (Å²) in [6, 6.07) is -0.860. The number of rotatable bonds is 8. The fourth-order valence-electron chi connectivity index (χ4n) is 5.71. The lowest BCUT2D eigenvalue weighted by Gasteiger charge is -2.39. The highest BCUT2D eigenvalue weighted by molar-refractivity contribution is 5.86. The van der Waals surface area contributed by atoms with E-state index in [2.05, 4.69) is 25.2 Å². The molecule has 37 heavy (non-hydrogen) atoms. The standard InChI is InChI=1S/C26H36F3N5O3/c1-16(12-26(27,28)29)32-25-31-14-22-23(33-25)21(18-2-4-19(35)5-3-18)13-30-24(22)37-20-10-17(11-20)15-34-6-8-36-9-7-34/h13-14,16-20,35H,2-12,15H2,1H3,(H,31,32,33)/t16-,17-,18-,19-,20+/m0/s1. The average Bonchev–Trinajstić information content (AvgIpc) is 2.83. The summed E-state index contributed by atoms with van der Waals surface area (Å²) in [5, 5.41) is 13.4. The maximum atomic E-state index is 12.8. The summed E-state index contributed by atoms with van der Waals surface area (Å²) in [7, 11) is 0. The SMILES string of the molecule is C[C@@H](CC(F)(F)F)Nc1ncc2c(O[C@H]3C[C@@H](CN4CCOCC4)C3)ncc([C@H]3CC[C@H](O)CC3)c2n1. The molecule has 0 unspecified atom stereocenters. The molecule has 204 valence electrons. The molecule has 2 N–H and O–H groups in total. The van der Waals surface area contributed by atoms with Crippen LogP contribution in [0.1, 0.15) is 63.4 Å². The highest BCUT2D eigenvalue weighted by Crippen LogP contribution is 2.39. The molecule has 0 spiro atoms. The van der Waals surface area contributed by atoms with Crippen LogP contribution in [0, 0.1) is 5.92 Å². The first-order chi connectivity index (χ1) is 17.7. The molecular formula is C26H36F3N5O3. The molecule has 0 aromatic carbocycles. The molecule has 3 fully saturated rings. The van der Waals surface area contributed by atoms with Crippen molar-refractivity contribution in [2.45, 2.75) is 82.2 Å². The van der Waals surface area contributed by atoms with Crippen LogP contribution in [0.2, 0.25) is 0 Å². The Balaban J connectivity index is 1.32. The smallest absolute Gasteiger partial charge is 0.391 e. The molecule has 2 aromatic rings. The number of hydrogen-bond acceptors (Lipinski definition) is 8. The Morgan fingerprint density at radius 3 is 2.57 bits per heavy atom. The van der Waals surface area contributed by atoms with Crippen LogP contribution in [0.4, 0.5) is 19.1 Å². The van der Waals surface area contributed by atoms with E-state index >= 15 is 0 Å². The molecule has 0 radical (unpaired) electrons. The topological polar surface area (TPSA) is 92.6 Å². The fourth-order valence-corrected chi connectivity index (χ4v) is 5.71. The van der Waals surface area contributed by atoms with Gasteiger partial charge in [0.15, 0.2) is 0 Å². The number of aliphatic hydroxyl groups excluding tert-OH is 1. The van der Waals surface area contributed by atoms with Gasteiger partial charge in [0.25, 0.3) is 0 Å². The van der Waals surface area contributed by atoms with Crippen molar-refractivity contribution in [3.8, 4) is 5.88 Å². The Bertz CT molecular complexity index is 1050. The number of aliphatic hydroxyl groups is 1. The monoisotopic (exact) mass is 523 g/mol. The molecule has 3 heterocycles. The quantitative estimate of drug-likeness (QED) is 0.530. The van der Waals surface area contributed by atoms with Gasteiger partial charge in [-0.2, -0.15) is 13.2 Å². The van der Waals surface area contributed by atoms with Crippen LogP contribution in [0.15, 0.2) is 12.4 Å². The lowest BCUT2D eigenvalue weighted by atomic mass is 9.81. The number of nitrogens with one attached hydrogen (secondary N) is 1. The van der Waals surface area contributed by atoms with Crippen molar-refractivity contribution < 1.29 is 27.8 Å². The van der Waals surface area contributed by atoms with Gasteiger partial charge in [-0.1, -0.05) is 0 Å². The molecule has 0 bridgehead atoms. The third-order valence-electron chi connectivity index (χ3n) is 7.75. The van der Waals surface area contributed by atoms with Crippen molar-refractivity contribution in [3.05, 3.63) is 18.0 Å². The van der Waals surface area contributed by atoms with Gasteiger partial charge >= 0.3 is 6.18 Å². The number of morpholine rings is 1. The van der Waals surface area contributed by atoms with E-state index in [1.807, 2.05) is 0 Å². The Labute approximate surface area is 215 Å². The van der Waals surface area contributed by atoms with Gasteiger partial charge in [-0.25, -0.2) is 15.0 Å². The molecule has 11 heteroatoms. The first-order valence-electron chi connectivity index (χ1n) is 13.4. The van der Waals surface area contributed by atoms with Gasteiger partial charge < -0.3 is 19.9 Å². The van der Waals surface area contributed by atoms with E-state index < -0.39 is 18.6 Å². The fraction of sp³-hybridized carbons (Fsp3) is 0.731. The first kappa shape index (κ1) is 26.4. The predicted molar refractivity (Wildman–Crippen MR) is 133 cm³/mol. The Morgan fingerprint density at radius 1 is 1.14 bits per heavy atom. The van der Waals surface area contributed by atoms with Crippen LogP contribution in [0.5, 0.6) is 5.88 Å². The second kappa shape index (κ2) is 11.2. The van der Waals surface area contributed by atoms with Gasteiger partial charge in [-0.05, 0) is 57.3 Å². The number of ether oxygens (including phenoxy) is 2. The maximum absolute atomic E-state index is 12.8. The van der Waals surface area contributed by atoms with Crippen molar-refractivity contribution in [3.63, 3.8) is 0 Å². The molecule has 1 saturated heterocycles. The van der Waals surface area contributed by atoms with Gasteiger partial charge in [0.05, 0.1) is 36.6 Å². The number of nitrogens with zero attached hydrogens (tertiary/aromatic N) is 4. The zero-order valence-corrected chi connectivity index (χ0v) is 21.2. The van der Waals surface area contributed by atoms with Crippen molar-refractivity contribution in [1.29, 1.82) is 0 Å². The number of halogens is 3. The largest absolute Gasteiger partial charge is 0.474 e. The number of aromatic nitrogens is 3. The second-order valence-electron chi connectivity index (χ2n) is 10.8. The lowest BCUT2D eigenvalue weighted by molar-refractivity contribution is -0.136. The van der Waals surface area contributed by atoms with Gasteiger partial charge in [-0.3, -0.25) is 4.90 Å². The zero-order valence-electron chi connectivity index (χ0n) is 21.2. The van der Waals surface area contributed by atoms with E-state index in [1.165, 1.54) is 6.92 Å². The molecule has 2 saturated carbocycles. The number of fused-ring (bicyclic) bond motifs is 1. The Hall–Kier alpha value is -2.24. The molecule has 3 aliphatic rings. The van der Waals surface area contributed by atoms with E-state index in [0.717, 1.165) is 64.1 Å². The average molecular weight is 524 g/mol. The Morgan fingerprint density at radius 2 is 1.86 bits per heavy atom. The van der Waals surface area contributed by atoms with Crippen LogP contribution in [-0.4, -0.2) is 82.2 Å². The van der Waals surface area contributed by atoms with E-state index in [0.29, 0.717) is 35.5 Å². The third-order valence-corrected chi connectivity index (χ3v) is 7.75. The molecule has 5 rings (SSSR count). The predicted octanol–water partition coefficient (Wildman–Crippen LogP) is 4.29. The highest BCUT2D eigenvalue weighted by atomic mass is 19.4. The normalized spacial score (nSPS) is 28.0. The summed E-state index contributed by atoms with van der Waals surface area (Å²) in [6.45, 7) is 6.06. The van der Waals surface area contributed by atoms with Crippen LogP contribution < -0.4 is 10.1 Å². The summed E-state index contributed by atoms with van der Waals surface area (Å²) in [4.78, 5) is 16.0. The van der Waals surface area contributed by atoms with Crippen LogP contribution in [0.25, 0.3) is 10.9 Å². The van der Waals surface area contributed by atoms with E-state index in [1.54, 1.807) is 12.4 Å². The molecule has 2 aromatic heterocycles.